The van der Waals surface area contributed by atoms with E-state index >= 15 is 0 Å². The number of carbonyl (C=O) groups is 1. The van der Waals surface area contributed by atoms with E-state index in [1.807, 2.05) is 37.3 Å². The summed E-state index contributed by atoms with van der Waals surface area (Å²) in [4.78, 5) is 20.4. The molecule has 0 atom stereocenters. The molecule has 0 radical (unpaired) electrons. The summed E-state index contributed by atoms with van der Waals surface area (Å²) >= 11 is 0. The van der Waals surface area contributed by atoms with Crippen LogP contribution in [0.25, 0.3) is 10.9 Å². The van der Waals surface area contributed by atoms with Gasteiger partial charge in [0.25, 0.3) is 0 Å². The lowest BCUT2D eigenvalue weighted by Gasteiger charge is -2.07. The number of carbonyl (C=O) groups excluding carboxylic acids is 1. The smallest absolute Gasteiger partial charge is 0.323 e. The Balaban J connectivity index is 1.67. The fourth-order valence-corrected chi connectivity index (χ4v) is 2.15. The maximum absolute atomic E-state index is 11.9. The fraction of sp³-hybridized carbons (Fsp3) is 0.188. The van der Waals surface area contributed by atoms with Crippen molar-refractivity contribution in [1.82, 2.24) is 15.3 Å². The van der Waals surface area contributed by atoms with Crippen LogP contribution in [0.5, 0.6) is 0 Å². The molecule has 0 aliphatic rings. The third-order valence-electron chi connectivity index (χ3n) is 3.40. The molecule has 0 saturated carbocycles. The van der Waals surface area contributed by atoms with E-state index in [1.165, 1.54) is 0 Å². The molecule has 0 saturated heterocycles. The van der Waals surface area contributed by atoms with Crippen molar-refractivity contribution in [2.45, 2.75) is 20.4 Å². The van der Waals surface area contributed by atoms with Gasteiger partial charge in [0.15, 0.2) is 0 Å². The van der Waals surface area contributed by atoms with Crippen LogP contribution in [0, 0.1) is 13.8 Å². The van der Waals surface area contributed by atoms with Gasteiger partial charge in [0.05, 0.1) is 11.2 Å². The molecule has 2 aromatic heterocycles. The van der Waals surface area contributed by atoms with Crippen LogP contribution in [0.3, 0.4) is 0 Å². The SMILES string of the molecule is Cc1nc(NC(=O)NCc2cccc3cccnc23)oc1C. The second-order valence-electron chi connectivity index (χ2n) is 4.96. The van der Waals surface area contributed by atoms with Crippen LogP contribution >= 0.6 is 0 Å². The van der Waals surface area contributed by atoms with Crippen molar-refractivity contribution >= 4 is 22.9 Å². The summed E-state index contributed by atoms with van der Waals surface area (Å²) < 4.78 is 5.31. The first-order valence-corrected chi connectivity index (χ1v) is 6.95. The number of aromatic nitrogens is 2. The summed E-state index contributed by atoms with van der Waals surface area (Å²) in [7, 11) is 0. The monoisotopic (exact) mass is 296 g/mol. The lowest BCUT2D eigenvalue weighted by Crippen LogP contribution is -2.28. The van der Waals surface area contributed by atoms with Gasteiger partial charge < -0.3 is 9.73 Å². The van der Waals surface area contributed by atoms with Crippen molar-refractivity contribution < 1.29 is 9.21 Å². The van der Waals surface area contributed by atoms with E-state index in [0.717, 1.165) is 22.2 Å². The highest BCUT2D eigenvalue weighted by molar-refractivity contribution is 5.87. The summed E-state index contributed by atoms with van der Waals surface area (Å²) in [6.45, 7) is 4.00. The molecule has 112 valence electrons. The van der Waals surface area contributed by atoms with Crippen molar-refractivity contribution in [3.8, 4) is 0 Å². The molecule has 22 heavy (non-hydrogen) atoms. The normalized spacial score (nSPS) is 10.6. The second-order valence-corrected chi connectivity index (χ2v) is 4.96. The number of urea groups is 1. The fourth-order valence-electron chi connectivity index (χ4n) is 2.15. The quantitative estimate of drug-likeness (QED) is 0.778. The number of hydrogen-bond acceptors (Lipinski definition) is 4. The Morgan fingerprint density at radius 3 is 2.82 bits per heavy atom. The highest BCUT2D eigenvalue weighted by atomic mass is 16.4. The van der Waals surface area contributed by atoms with Crippen LogP contribution in [0.2, 0.25) is 0 Å². The van der Waals surface area contributed by atoms with Gasteiger partial charge in [0.2, 0.25) is 0 Å². The van der Waals surface area contributed by atoms with E-state index in [4.69, 9.17) is 4.42 Å². The number of hydrogen-bond donors (Lipinski definition) is 2. The Morgan fingerprint density at radius 1 is 1.23 bits per heavy atom. The Hall–Kier alpha value is -2.89. The molecule has 3 aromatic rings. The van der Waals surface area contributed by atoms with Crippen LogP contribution in [-0.2, 0) is 6.54 Å². The summed E-state index contributed by atoms with van der Waals surface area (Å²) in [5, 5.41) is 6.39. The number of aryl methyl sites for hydroxylation is 2. The number of oxazole rings is 1. The standard InChI is InChI=1S/C16H16N4O2/c1-10-11(2)22-16(19-10)20-15(21)18-9-13-6-3-5-12-7-4-8-17-14(12)13/h3-8H,9H2,1-2H3,(H2,18,19,20,21). The van der Waals surface area contributed by atoms with E-state index < -0.39 is 0 Å². The molecule has 3 rings (SSSR count). The van der Waals surface area contributed by atoms with Gasteiger partial charge in [-0.25, -0.2) is 4.79 Å². The highest BCUT2D eigenvalue weighted by Crippen LogP contribution is 2.16. The Morgan fingerprint density at radius 2 is 2.05 bits per heavy atom. The minimum absolute atomic E-state index is 0.198. The topological polar surface area (TPSA) is 80.0 Å². The van der Waals surface area contributed by atoms with Gasteiger partial charge in [-0.2, -0.15) is 4.98 Å². The molecule has 0 unspecified atom stereocenters. The third-order valence-corrected chi connectivity index (χ3v) is 3.40. The Kier molecular flexibility index (Phi) is 3.74. The molecular formula is C16H16N4O2. The van der Waals surface area contributed by atoms with Gasteiger partial charge in [0, 0.05) is 18.1 Å². The molecule has 0 fully saturated rings. The predicted octanol–water partition coefficient (Wildman–Crippen LogP) is 3.16. The maximum Gasteiger partial charge on any atom is 0.323 e. The van der Waals surface area contributed by atoms with Gasteiger partial charge in [-0.3, -0.25) is 10.3 Å². The van der Waals surface area contributed by atoms with Crippen LogP contribution in [0.15, 0.2) is 40.9 Å². The van der Waals surface area contributed by atoms with Crippen LogP contribution in [0.1, 0.15) is 17.0 Å². The van der Waals surface area contributed by atoms with E-state index in [1.54, 1.807) is 13.1 Å². The van der Waals surface area contributed by atoms with Gasteiger partial charge in [-0.15, -0.1) is 0 Å². The minimum Gasteiger partial charge on any atom is -0.428 e. The average molecular weight is 296 g/mol. The number of rotatable bonds is 3. The first-order chi connectivity index (χ1) is 10.6. The third kappa shape index (κ3) is 2.90. The number of nitrogens with zero attached hydrogens (tertiary/aromatic N) is 2. The molecule has 0 aliphatic carbocycles. The molecule has 2 heterocycles. The highest BCUT2D eigenvalue weighted by Gasteiger charge is 2.09. The molecule has 2 N–H and O–H groups in total. The lowest BCUT2D eigenvalue weighted by atomic mass is 10.1. The molecule has 0 bridgehead atoms. The Labute approximate surface area is 127 Å². The molecule has 0 aliphatic heterocycles. The second kappa shape index (κ2) is 5.85. The predicted molar refractivity (Wildman–Crippen MR) is 83.6 cm³/mol. The maximum atomic E-state index is 11.9. The van der Waals surface area contributed by atoms with Gasteiger partial charge in [-0.1, -0.05) is 24.3 Å². The number of benzene rings is 1. The number of anilines is 1. The molecular weight excluding hydrogens is 280 g/mol. The zero-order valence-electron chi connectivity index (χ0n) is 12.4. The molecule has 2 amide bonds. The van der Waals surface area contributed by atoms with Gasteiger partial charge >= 0.3 is 12.0 Å². The molecule has 6 heteroatoms. The zero-order valence-corrected chi connectivity index (χ0v) is 12.4. The number of nitrogens with one attached hydrogen (secondary N) is 2. The number of para-hydroxylation sites is 1. The van der Waals surface area contributed by atoms with E-state index in [-0.39, 0.29) is 12.0 Å². The van der Waals surface area contributed by atoms with E-state index in [0.29, 0.717) is 12.3 Å². The van der Waals surface area contributed by atoms with Crippen molar-refractivity contribution in [3.63, 3.8) is 0 Å². The molecule has 6 nitrogen and oxygen atoms in total. The van der Waals surface area contributed by atoms with Crippen LogP contribution < -0.4 is 10.6 Å². The number of amides is 2. The summed E-state index contributed by atoms with van der Waals surface area (Å²) in [5.41, 5.74) is 2.59. The zero-order chi connectivity index (χ0) is 15.5. The molecule has 0 spiro atoms. The summed E-state index contributed by atoms with van der Waals surface area (Å²) in [6.07, 6.45) is 1.74. The Bertz CT molecular complexity index is 801. The van der Waals surface area contributed by atoms with Crippen molar-refractivity contribution in [2.75, 3.05) is 5.32 Å². The van der Waals surface area contributed by atoms with E-state index in [9.17, 15) is 4.79 Å². The largest absolute Gasteiger partial charge is 0.428 e. The van der Waals surface area contributed by atoms with Gasteiger partial charge in [-0.05, 0) is 25.5 Å². The summed E-state index contributed by atoms with van der Waals surface area (Å²) in [6, 6.07) is 9.58. The van der Waals surface area contributed by atoms with Crippen molar-refractivity contribution in [2.24, 2.45) is 0 Å². The van der Waals surface area contributed by atoms with E-state index in [2.05, 4.69) is 20.6 Å². The van der Waals surface area contributed by atoms with Crippen LogP contribution in [0.4, 0.5) is 10.8 Å². The number of pyridine rings is 1. The van der Waals surface area contributed by atoms with Gasteiger partial charge in [0.1, 0.15) is 5.76 Å². The van der Waals surface area contributed by atoms with Crippen molar-refractivity contribution in [1.29, 1.82) is 0 Å². The summed E-state index contributed by atoms with van der Waals surface area (Å²) in [5.74, 6) is 0.688. The number of fused-ring (bicyclic) bond motifs is 1. The lowest BCUT2D eigenvalue weighted by molar-refractivity contribution is 0.251. The van der Waals surface area contributed by atoms with Crippen LogP contribution in [-0.4, -0.2) is 16.0 Å². The molecule has 1 aromatic carbocycles. The minimum atomic E-state index is -0.366. The first kappa shape index (κ1) is 14.1. The average Bonchev–Trinajstić information content (AvgIpc) is 2.83. The van der Waals surface area contributed by atoms with Crippen molar-refractivity contribution in [3.05, 3.63) is 53.5 Å². The first-order valence-electron chi connectivity index (χ1n) is 6.95.